The van der Waals surface area contributed by atoms with Gasteiger partial charge in [-0.2, -0.15) is 0 Å². The maximum atomic E-state index is 14.1. The fourth-order valence-corrected chi connectivity index (χ4v) is 22.4. The molecule has 14 aromatic rings. The summed E-state index contributed by atoms with van der Waals surface area (Å²) >= 11 is 0. The van der Waals surface area contributed by atoms with Gasteiger partial charge in [-0.15, -0.1) is 0 Å². The fraction of sp³-hybridized carbons (Fsp3) is 0.333. The normalized spacial score (nSPS) is 13.5. The van der Waals surface area contributed by atoms with Crippen molar-refractivity contribution in [3.05, 3.63) is 185 Å². The minimum absolute atomic E-state index is 0.0589. The lowest BCUT2D eigenvalue weighted by molar-refractivity contribution is 0.308. The van der Waals surface area contributed by atoms with Crippen molar-refractivity contribution in [2.45, 2.75) is 211 Å². The van der Waals surface area contributed by atoms with E-state index in [0.717, 1.165) is 54.9 Å². The molecule has 8 aromatic carbocycles. The van der Waals surface area contributed by atoms with Crippen molar-refractivity contribution in [2.24, 2.45) is 0 Å². The summed E-state index contributed by atoms with van der Waals surface area (Å²) in [6, 6.07) is 45.4. The lowest BCUT2D eigenvalue weighted by Gasteiger charge is -2.37. The van der Waals surface area contributed by atoms with E-state index in [4.69, 9.17) is 68.7 Å². The first kappa shape index (κ1) is 92.0. The highest BCUT2D eigenvalue weighted by atomic mass is 32.2. The summed E-state index contributed by atoms with van der Waals surface area (Å²) in [6.45, 7) is 47.5. The molecule has 4 aliphatic heterocycles. The zero-order valence-corrected chi connectivity index (χ0v) is 84.3. The molecule has 0 unspecified atom stereocenters. The molecule has 4 aliphatic rings. The maximum Gasteiger partial charge on any atom is 0.192 e. The van der Waals surface area contributed by atoms with Crippen LogP contribution < -0.4 is 0 Å². The number of aromatic nitrogens is 16. The third kappa shape index (κ3) is 17.3. The summed E-state index contributed by atoms with van der Waals surface area (Å²) in [6.07, 6.45) is 1.13. The Morgan fingerprint density at radius 2 is 0.537 bits per heavy atom. The molecule has 134 heavy (non-hydrogen) atoms. The van der Waals surface area contributed by atoms with Crippen LogP contribution >= 0.6 is 0 Å². The number of rotatable bonds is 15. The first-order chi connectivity index (χ1) is 63.0. The Morgan fingerprint density at radius 3 is 0.851 bits per heavy atom. The van der Waals surface area contributed by atoms with Crippen LogP contribution in [0.3, 0.4) is 0 Å². The van der Waals surface area contributed by atoms with Gasteiger partial charge < -0.3 is 28.8 Å². The molecule has 18 rings (SSSR count). The van der Waals surface area contributed by atoms with Crippen LogP contribution in [0.25, 0.3) is 179 Å². The minimum atomic E-state index is -3.80. The molecule has 6 aromatic heterocycles. The van der Waals surface area contributed by atoms with Crippen LogP contribution in [0.15, 0.2) is 171 Å². The van der Waals surface area contributed by atoms with E-state index in [1.165, 1.54) is 12.1 Å². The summed E-state index contributed by atoms with van der Waals surface area (Å²) in [5, 5.41) is 4.82. The molecule has 4 N–H and O–H groups in total. The third-order valence-electron chi connectivity index (χ3n) is 26.5. The van der Waals surface area contributed by atoms with Crippen LogP contribution in [-0.2, 0) is 54.6 Å². The van der Waals surface area contributed by atoms with E-state index in [1.54, 1.807) is 56.3 Å². The van der Waals surface area contributed by atoms with Gasteiger partial charge >= 0.3 is 0 Å². The predicted molar refractivity (Wildman–Crippen MR) is 542 cm³/mol. The Bertz CT molecular complexity index is 8290. The van der Waals surface area contributed by atoms with Crippen molar-refractivity contribution < 1.29 is 34.1 Å². The molecular weight excluding hydrogens is 1770 g/mol. The van der Waals surface area contributed by atoms with E-state index in [0.29, 0.717) is 137 Å². The number of aromatic amines is 4. The monoisotopic (exact) mass is 1870 g/mol. The average Bonchev–Trinajstić information content (AvgIpc) is 1.59. The first-order valence-electron chi connectivity index (χ1n) is 45.6. The highest BCUT2D eigenvalue weighted by molar-refractivity contribution is 7.92. The zero-order valence-electron chi connectivity index (χ0n) is 79.9. The van der Waals surface area contributed by atoms with Crippen LogP contribution in [0.4, 0.5) is 0 Å². The van der Waals surface area contributed by atoms with Gasteiger partial charge in [0.1, 0.15) is 45.2 Å². The van der Waals surface area contributed by atoms with Crippen LogP contribution in [0.2, 0.25) is 36.3 Å². The van der Waals surface area contributed by atoms with Crippen molar-refractivity contribution >= 4 is 134 Å². The zero-order chi connectivity index (χ0) is 95.4. The van der Waals surface area contributed by atoms with Crippen LogP contribution in [0.1, 0.15) is 172 Å². The Kier molecular flexibility index (Phi) is 22.8. The first-order valence-corrected chi connectivity index (χ1v) is 56.3. The molecule has 24 nitrogen and oxygen atoms in total. The van der Waals surface area contributed by atoms with Gasteiger partial charge in [-0.3, -0.25) is 0 Å². The molecule has 0 fully saturated rings. The molecular formula is C105H110N16O8S3Si2. The third-order valence-corrected chi connectivity index (χ3v) is 41.2. The maximum absolute atomic E-state index is 14.1. The summed E-state index contributed by atoms with van der Waals surface area (Å²) < 4.78 is 98.4. The van der Waals surface area contributed by atoms with Gasteiger partial charge in [0.2, 0.25) is 0 Å². The number of benzene rings is 8. The highest BCUT2D eigenvalue weighted by Gasteiger charge is 2.40. The van der Waals surface area contributed by atoms with Gasteiger partial charge in [0.15, 0.2) is 92.7 Å². The molecule has 16 bridgehead atoms. The van der Waals surface area contributed by atoms with Crippen molar-refractivity contribution in [3.8, 4) is 115 Å². The van der Waals surface area contributed by atoms with Crippen molar-refractivity contribution in [3.63, 3.8) is 0 Å². The molecule has 684 valence electrons. The second kappa shape index (κ2) is 33.3. The quantitative estimate of drug-likeness (QED) is 0.0547. The highest BCUT2D eigenvalue weighted by Crippen LogP contribution is 2.46. The predicted octanol–water partition coefficient (Wildman–Crippen LogP) is 23.2. The second-order valence-electron chi connectivity index (χ2n) is 41.4. The van der Waals surface area contributed by atoms with Gasteiger partial charge in [0.05, 0.1) is 45.2 Å². The molecule has 0 spiro atoms. The smallest absolute Gasteiger partial charge is 0.192 e. The largest absolute Gasteiger partial charge is 0.412 e. The van der Waals surface area contributed by atoms with Gasteiger partial charge in [-0.25, -0.2) is 85.1 Å². The number of hydrogen-bond acceptors (Lipinski definition) is 20. The van der Waals surface area contributed by atoms with Crippen molar-refractivity contribution in [1.82, 2.24) is 79.7 Å². The SMILES string of the molecule is CCCS(=O)(=O)c1ccc2c(c1)-c1nc-2nc2[nH]c(nc3nc(nc4[nH]c(n1)c1cc(S(=O)(=O)CCC)ccc41)-c1ccc(C#C/C(CO[Si](C)(C)C(C)(C)C)=C(/C#Cc4ccc5c(c4)-c4nc-5nc5[nH]c(nc6nc(nc7[nH]c(n4)c4cc(C(C)(C)C)ccc74)-c4ccc(C(C)(C)C)cc4-6)c4cc(C(C)(C)C)ccc54)CO[Si](C)(C)C(C)(C)C)cc1-3)c1cc(S(=O)(=O)CCC)ccc21. The average molecular weight is 1880 g/mol. The van der Waals surface area contributed by atoms with E-state index in [2.05, 4.69) is 228 Å². The van der Waals surface area contributed by atoms with E-state index >= 15 is 0 Å². The lowest BCUT2D eigenvalue weighted by Crippen LogP contribution is -2.42. The summed E-state index contributed by atoms with van der Waals surface area (Å²) in [5.41, 5.74) is 13.5. The topological polar surface area (TPSA) is 339 Å². The van der Waals surface area contributed by atoms with Gasteiger partial charge in [-0.05, 0) is 198 Å². The number of nitrogens with zero attached hydrogens (tertiary/aromatic N) is 12. The van der Waals surface area contributed by atoms with Crippen LogP contribution in [0, 0.1) is 23.7 Å². The summed E-state index contributed by atoms with van der Waals surface area (Å²) in [4.78, 5) is 78.3. The Balaban J connectivity index is 0.842. The van der Waals surface area contributed by atoms with Gasteiger partial charge in [-0.1, -0.05) is 185 Å². The fourth-order valence-electron chi connectivity index (χ4n) is 16.5. The molecule has 0 saturated carbocycles. The van der Waals surface area contributed by atoms with Gasteiger partial charge in [0, 0.05) is 110 Å². The summed E-state index contributed by atoms with van der Waals surface area (Å²) in [7, 11) is -16.5. The molecule has 0 amide bonds. The van der Waals surface area contributed by atoms with Gasteiger partial charge in [0.25, 0.3) is 0 Å². The molecule has 0 radical (unpaired) electrons. The molecule has 0 atom stereocenters. The van der Waals surface area contributed by atoms with E-state index in [1.807, 2.05) is 43.3 Å². The van der Waals surface area contributed by atoms with Crippen molar-refractivity contribution in [2.75, 3.05) is 30.5 Å². The molecule has 29 heteroatoms. The second-order valence-corrected chi connectivity index (χ2v) is 57.4. The number of H-pyrrole nitrogens is 4. The molecule has 10 heterocycles. The van der Waals surface area contributed by atoms with E-state index in [9.17, 15) is 25.3 Å². The number of hydrogen-bond donors (Lipinski definition) is 4. The number of nitrogens with one attached hydrogen (secondary N) is 4. The molecule has 0 aliphatic carbocycles. The number of sulfone groups is 3. The van der Waals surface area contributed by atoms with E-state index in [-0.39, 0.29) is 117 Å². The van der Waals surface area contributed by atoms with Crippen molar-refractivity contribution in [1.29, 1.82) is 0 Å². The minimum Gasteiger partial charge on any atom is -0.412 e. The lowest BCUT2D eigenvalue weighted by atomic mass is 9.85. The Hall–Kier alpha value is -12.5. The number of fused-ring (bicyclic) bond motifs is 40. The Morgan fingerprint density at radius 1 is 0.291 bits per heavy atom. The standard InChI is InChI=1S/C105H110N16O8S3Si2/c1-23-46-130(122,123)66-35-43-74-82(54-66)98-115-91(74)109-92-76-45-37-68(132(126,127)48-25-3)56-84(76)100(117-92)121-99-83-55-67(131(124,125)47-24-2)36-44-75(83)90(116-99)107-86-70-39-29-60(50-78(70)94(111-86)119-98)27-31-62(58-129-134(21,22)105(16,17)18)61(57-128-133(19,20)104(13,14)15)30-26-59-28-38-69-77(49-59)93-110-85(69)106-87-72-41-33-64(102(7,8)9)52-80(72)96(113-87)120-97-81-53-65(103(10,11)12)34-42-73(81)89(114-97)108-88-71-40-32-63(101(4,5)6)51-79(71)95(112-88)118-93/h28-29,32-45,49-56H,23-25,46-48,57-58H2,1-22H3,(H2,106,108,110,112,113,114,118,120)(H2,107,109,111,115,116,117,119,121)/b62-61+. The molecule has 0 saturated heterocycles. The summed E-state index contributed by atoms with van der Waals surface area (Å²) in [5.74, 6) is 16.7. The van der Waals surface area contributed by atoms with Crippen LogP contribution in [-0.4, -0.2) is 152 Å². The van der Waals surface area contributed by atoms with Crippen LogP contribution in [0.5, 0.6) is 0 Å². The Labute approximate surface area is 783 Å². The van der Waals surface area contributed by atoms with E-state index < -0.39 is 46.1 Å².